The molecule has 8 nitrogen and oxygen atoms in total. The molecule has 1 aromatic carbocycles. The summed E-state index contributed by atoms with van der Waals surface area (Å²) in [6.45, 7) is 5.14. The molecule has 0 fully saturated rings. The van der Waals surface area contributed by atoms with Gasteiger partial charge in [-0.1, -0.05) is 12.1 Å². The molecule has 0 bridgehead atoms. The van der Waals surface area contributed by atoms with Crippen LogP contribution in [0.1, 0.15) is 41.7 Å². The van der Waals surface area contributed by atoms with Crippen LogP contribution >= 0.6 is 0 Å². The number of nitrogens with zero attached hydrogens (tertiary/aromatic N) is 2. The topological polar surface area (TPSA) is 126 Å². The summed E-state index contributed by atoms with van der Waals surface area (Å²) in [6, 6.07) is 8.43. The minimum absolute atomic E-state index is 0.0535. The highest BCUT2D eigenvalue weighted by Crippen LogP contribution is 2.44. The number of aromatic nitrogens is 1. The van der Waals surface area contributed by atoms with E-state index in [1.165, 1.54) is 6.07 Å². The molecular weight excluding hydrogens is 410 g/mol. The quantitative estimate of drug-likeness (QED) is 0.498. The van der Waals surface area contributed by atoms with Crippen molar-refractivity contribution < 1.29 is 13.9 Å². The van der Waals surface area contributed by atoms with E-state index >= 15 is 0 Å². The Bertz CT molecular complexity index is 1420. The third-order valence-electron chi connectivity index (χ3n) is 5.63. The number of benzene rings is 1. The van der Waals surface area contributed by atoms with Crippen LogP contribution in [0.4, 0.5) is 5.69 Å². The molecule has 2 aromatic heterocycles. The summed E-state index contributed by atoms with van der Waals surface area (Å²) in [4.78, 5) is 46.0. The minimum atomic E-state index is -0.916. The SMILES string of the molecule is CC1=Nc2c(C)c[nH]c(=O)c2C(c2cccc3c(=O)cc(C)oc23)C1C(=O)OCCC#N. The number of para-hydroxylation sites is 1. The van der Waals surface area contributed by atoms with Gasteiger partial charge in [-0.15, -0.1) is 0 Å². The zero-order chi connectivity index (χ0) is 23.0. The molecule has 3 heterocycles. The molecule has 1 aliphatic rings. The number of fused-ring (bicyclic) bond motifs is 2. The van der Waals surface area contributed by atoms with Crippen LogP contribution < -0.4 is 11.0 Å². The fraction of sp³-hybridized carbons (Fsp3) is 0.292. The molecule has 0 aliphatic carbocycles. The Kier molecular flexibility index (Phi) is 5.49. The van der Waals surface area contributed by atoms with Crippen molar-refractivity contribution in [1.29, 1.82) is 5.26 Å². The van der Waals surface area contributed by atoms with Crippen molar-refractivity contribution in [3.05, 3.63) is 73.5 Å². The van der Waals surface area contributed by atoms with E-state index < -0.39 is 17.8 Å². The summed E-state index contributed by atoms with van der Waals surface area (Å²) in [5, 5.41) is 9.14. The molecule has 0 radical (unpaired) electrons. The second kappa shape index (κ2) is 8.27. The van der Waals surface area contributed by atoms with Crippen molar-refractivity contribution in [2.45, 2.75) is 33.1 Å². The standard InChI is InChI=1S/C24H21N3O5/c1-12-11-26-23(29)20-19(16-7-4-6-15-17(28)10-13(2)32-22(15)16)18(14(3)27-21(12)20)24(30)31-9-5-8-25/h4,6-7,10-11,18-19H,5,9H2,1-3H3,(H,26,29). The third kappa shape index (κ3) is 3.52. The molecule has 1 N–H and O–H groups in total. The van der Waals surface area contributed by atoms with E-state index in [-0.39, 0.29) is 24.0 Å². The van der Waals surface area contributed by atoms with Crippen LogP contribution in [0.5, 0.6) is 0 Å². The number of aromatic amines is 1. The van der Waals surface area contributed by atoms with Gasteiger partial charge >= 0.3 is 5.97 Å². The summed E-state index contributed by atoms with van der Waals surface area (Å²) >= 11 is 0. The Hall–Kier alpha value is -3.99. The van der Waals surface area contributed by atoms with Crippen molar-refractivity contribution in [1.82, 2.24) is 4.98 Å². The van der Waals surface area contributed by atoms with Gasteiger partial charge in [0.25, 0.3) is 5.56 Å². The molecule has 0 spiro atoms. The third-order valence-corrected chi connectivity index (χ3v) is 5.63. The van der Waals surface area contributed by atoms with Gasteiger partial charge in [0.2, 0.25) is 0 Å². The van der Waals surface area contributed by atoms with Crippen molar-refractivity contribution in [2.75, 3.05) is 6.61 Å². The van der Waals surface area contributed by atoms with Crippen molar-refractivity contribution in [3.8, 4) is 6.07 Å². The maximum atomic E-state index is 13.1. The fourth-order valence-electron chi connectivity index (χ4n) is 4.22. The first-order valence-corrected chi connectivity index (χ1v) is 10.2. The van der Waals surface area contributed by atoms with E-state index in [0.29, 0.717) is 39.3 Å². The average Bonchev–Trinajstić information content (AvgIpc) is 2.75. The van der Waals surface area contributed by atoms with Crippen molar-refractivity contribution in [2.24, 2.45) is 10.9 Å². The number of rotatable bonds is 4. The normalized spacial score (nSPS) is 17.4. The molecule has 3 aromatic rings. The van der Waals surface area contributed by atoms with E-state index in [9.17, 15) is 14.4 Å². The van der Waals surface area contributed by atoms with E-state index in [0.717, 1.165) is 5.56 Å². The first kappa shape index (κ1) is 21.2. The Balaban J connectivity index is 2.02. The first-order valence-electron chi connectivity index (χ1n) is 10.2. The fourth-order valence-corrected chi connectivity index (χ4v) is 4.22. The molecule has 0 saturated carbocycles. The second-order valence-corrected chi connectivity index (χ2v) is 7.79. The first-order chi connectivity index (χ1) is 15.3. The van der Waals surface area contributed by atoms with Gasteiger partial charge in [0.05, 0.1) is 29.1 Å². The zero-order valence-corrected chi connectivity index (χ0v) is 17.9. The van der Waals surface area contributed by atoms with Crippen LogP contribution in [-0.2, 0) is 9.53 Å². The number of hydrogen-bond donors (Lipinski definition) is 1. The van der Waals surface area contributed by atoms with Crippen LogP contribution in [0.3, 0.4) is 0 Å². The number of pyridine rings is 1. The van der Waals surface area contributed by atoms with Crippen molar-refractivity contribution in [3.63, 3.8) is 0 Å². The lowest BCUT2D eigenvalue weighted by Gasteiger charge is -2.31. The van der Waals surface area contributed by atoms with Crippen LogP contribution in [0.25, 0.3) is 11.0 Å². The Labute approximate surface area is 183 Å². The molecule has 4 rings (SSSR count). The van der Waals surface area contributed by atoms with E-state index in [4.69, 9.17) is 14.4 Å². The monoisotopic (exact) mass is 431 g/mol. The van der Waals surface area contributed by atoms with Gasteiger partial charge in [-0.05, 0) is 32.4 Å². The number of aryl methyl sites for hydroxylation is 2. The molecule has 32 heavy (non-hydrogen) atoms. The Morgan fingerprint density at radius 1 is 1.28 bits per heavy atom. The smallest absolute Gasteiger partial charge is 0.315 e. The van der Waals surface area contributed by atoms with Gasteiger partial charge in [-0.2, -0.15) is 5.26 Å². The highest BCUT2D eigenvalue weighted by atomic mass is 16.5. The van der Waals surface area contributed by atoms with E-state index in [1.54, 1.807) is 38.2 Å². The largest absolute Gasteiger partial charge is 0.464 e. The van der Waals surface area contributed by atoms with Gasteiger partial charge in [-0.25, -0.2) is 0 Å². The number of esters is 1. The zero-order valence-electron chi connectivity index (χ0n) is 17.9. The Morgan fingerprint density at radius 2 is 2.06 bits per heavy atom. The summed E-state index contributed by atoms with van der Waals surface area (Å²) in [7, 11) is 0. The number of nitriles is 1. The summed E-state index contributed by atoms with van der Waals surface area (Å²) in [5.41, 5.74) is 2.28. The number of ether oxygens (including phenoxy) is 1. The van der Waals surface area contributed by atoms with Gasteiger partial charge in [0.15, 0.2) is 5.43 Å². The molecule has 162 valence electrons. The number of carbonyl (C=O) groups excluding carboxylic acids is 1. The summed E-state index contributed by atoms with van der Waals surface area (Å²) in [6.07, 6.45) is 1.63. The molecule has 2 unspecified atom stereocenters. The predicted molar refractivity (Wildman–Crippen MR) is 118 cm³/mol. The molecule has 8 heteroatoms. The molecule has 0 saturated heterocycles. The van der Waals surface area contributed by atoms with Crippen LogP contribution in [-0.4, -0.2) is 23.3 Å². The molecule has 1 aliphatic heterocycles. The average molecular weight is 431 g/mol. The summed E-state index contributed by atoms with van der Waals surface area (Å²) < 4.78 is 11.3. The van der Waals surface area contributed by atoms with Gasteiger partial charge in [0.1, 0.15) is 23.9 Å². The lowest BCUT2D eigenvalue weighted by molar-refractivity contribution is -0.146. The lowest BCUT2D eigenvalue weighted by atomic mass is 9.75. The van der Waals surface area contributed by atoms with Gasteiger partial charge < -0.3 is 14.1 Å². The highest BCUT2D eigenvalue weighted by Gasteiger charge is 2.42. The summed E-state index contributed by atoms with van der Waals surface area (Å²) in [5.74, 6) is -1.87. The van der Waals surface area contributed by atoms with E-state index in [1.807, 2.05) is 13.0 Å². The lowest BCUT2D eigenvalue weighted by Crippen LogP contribution is -2.36. The molecule has 2 atom stereocenters. The van der Waals surface area contributed by atoms with Crippen LogP contribution in [0, 0.1) is 31.1 Å². The number of H-pyrrole nitrogens is 1. The minimum Gasteiger partial charge on any atom is -0.464 e. The maximum Gasteiger partial charge on any atom is 0.315 e. The number of aliphatic imine (C=N–C) groups is 1. The Morgan fingerprint density at radius 3 is 2.81 bits per heavy atom. The van der Waals surface area contributed by atoms with E-state index in [2.05, 4.69) is 9.98 Å². The molecule has 0 amide bonds. The molecular formula is C24H21N3O5. The van der Waals surface area contributed by atoms with Gasteiger partial charge in [-0.3, -0.25) is 19.4 Å². The predicted octanol–water partition coefficient (Wildman–Crippen LogP) is 3.41. The van der Waals surface area contributed by atoms with Crippen LogP contribution in [0.15, 0.2) is 49.5 Å². The number of nitrogens with one attached hydrogen (secondary N) is 1. The maximum absolute atomic E-state index is 13.1. The van der Waals surface area contributed by atoms with Gasteiger partial charge in [0, 0.05) is 29.5 Å². The number of hydrogen-bond acceptors (Lipinski definition) is 7. The highest BCUT2D eigenvalue weighted by molar-refractivity contribution is 6.05. The number of carbonyl (C=O) groups is 1. The second-order valence-electron chi connectivity index (χ2n) is 7.79. The van der Waals surface area contributed by atoms with Crippen LogP contribution in [0.2, 0.25) is 0 Å². The van der Waals surface area contributed by atoms with Crippen molar-refractivity contribution >= 4 is 28.3 Å².